The number of para-hydroxylation sites is 1. The summed E-state index contributed by atoms with van der Waals surface area (Å²) in [7, 11) is 3.34. The van der Waals surface area contributed by atoms with Crippen LogP contribution in [0.3, 0.4) is 0 Å². The maximum absolute atomic E-state index is 12.4. The van der Waals surface area contributed by atoms with Gasteiger partial charge in [-0.2, -0.15) is 0 Å². The first kappa shape index (κ1) is 17.3. The van der Waals surface area contributed by atoms with Crippen molar-refractivity contribution < 1.29 is 14.3 Å². The fourth-order valence-corrected chi connectivity index (χ4v) is 3.14. The summed E-state index contributed by atoms with van der Waals surface area (Å²) in [6.45, 7) is 1.98. The zero-order chi connectivity index (χ0) is 17.6. The Hall–Kier alpha value is -2.53. The van der Waals surface area contributed by atoms with Crippen molar-refractivity contribution in [2.75, 3.05) is 37.5 Å². The summed E-state index contributed by atoms with van der Waals surface area (Å²) < 4.78 is 10.7. The van der Waals surface area contributed by atoms with E-state index in [1.807, 2.05) is 36.4 Å². The van der Waals surface area contributed by atoms with Gasteiger partial charge in [0, 0.05) is 31.6 Å². The molecule has 0 aliphatic carbocycles. The van der Waals surface area contributed by atoms with Gasteiger partial charge in [0.15, 0.2) is 0 Å². The SMILES string of the molecule is COc1ccccc1C(=O)Nc1ccc(N2CCC(OC)CC2)cc1. The number of rotatable bonds is 5. The zero-order valence-electron chi connectivity index (χ0n) is 14.7. The highest BCUT2D eigenvalue weighted by Crippen LogP contribution is 2.24. The molecule has 0 spiro atoms. The van der Waals surface area contributed by atoms with Gasteiger partial charge < -0.3 is 19.7 Å². The number of benzene rings is 2. The maximum atomic E-state index is 12.4. The van der Waals surface area contributed by atoms with Crippen LogP contribution in [-0.2, 0) is 4.74 Å². The third-order valence-electron chi connectivity index (χ3n) is 4.62. The van der Waals surface area contributed by atoms with Crippen LogP contribution >= 0.6 is 0 Å². The van der Waals surface area contributed by atoms with E-state index in [-0.39, 0.29) is 5.91 Å². The van der Waals surface area contributed by atoms with E-state index in [1.165, 1.54) is 5.69 Å². The molecule has 2 aromatic carbocycles. The van der Waals surface area contributed by atoms with Gasteiger partial charge in [0.1, 0.15) is 5.75 Å². The molecule has 3 rings (SSSR count). The highest BCUT2D eigenvalue weighted by Gasteiger charge is 2.19. The van der Waals surface area contributed by atoms with Crippen LogP contribution in [0.2, 0.25) is 0 Å². The summed E-state index contributed by atoms with van der Waals surface area (Å²) in [5.74, 6) is 0.392. The average molecular weight is 340 g/mol. The monoisotopic (exact) mass is 340 g/mol. The molecule has 5 nitrogen and oxygen atoms in total. The van der Waals surface area contributed by atoms with Crippen molar-refractivity contribution in [1.82, 2.24) is 0 Å². The van der Waals surface area contributed by atoms with Gasteiger partial charge in [0.05, 0.1) is 18.8 Å². The molecule has 0 aromatic heterocycles. The predicted molar refractivity (Wildman–Crippen MR) is 99.6 cm³/mol. The number of carbonyl (C=O) groups excluding carboxylic acids is 1. The highest BCUT2D eigenvalue weighted by atomic mass is 16.5. The third kappa shape index (κ3) is 4.12. The van der Waals surface area contributed by atoms with E-state index in [9.17, 15) is 4.79 Å². The summed E-state index contributed by atoms with van der Waals surface area (Å²) >= 11 is 0. The predicted octanol–water partition coefficient (Wildman–Crippen LogP) is 3.56. The lowest BCUT2D eigenvalue weighted by Crippen LogP contribution is -2.36. The topological polar surface area (TPSA) is 50.8 Å². The molecule has 1 aliphatic heterocycles. The number of nitrogens with one attached hydrogen (secondary N) is 1. The van der Waals surface area contributed by atoms with E-state index < -0.39 is 0 Å². The largest absolute Gasteiger partial charge is 0.496 e. The Balaban J connectivity index is 1.64. The number of methoxy groups -OCH3 is 2. The van der Waals surface area contributed by atoms with Crippen LogP contribution in [0.25, 0.3) is 0 Å². The summed E-state index contributed by atoms with van der Waals surface area (Å²) in [4.78, 5) is 14.8. The van der Waals surface area contributed by atoms with E-state index in [2.05, 4.69) is 10.2 Å². The number of amides is 1. The summed E-state index contributed by atoms with van der Waals surface area (Å²) in [5, 5.41) is 2.92. The van der Waals surface area contributed by atoms with Crippen LogP contribution in [0.4, 0.5) is 11.4 Å². The minimum atomic E-state index is -0.175. The van der Waals surface area contributed by atoms with Gasteiger partial charge in [-0.25, -0.2) is 0 Å². The lowest BCUT2D eigenvalue weighted by Gasteiger charge is -2.33. The van der Waals surface area contributed by atoms with Gasteiger partial charge in [0.2, 0.25) is 0 Å². The second-order valence-corrected chi connectivity index (χ2v) is 6.12. The molecule has 1 amide bonds. The fourth-order valence-electron chi connectivity index (χ4n) is 3.14. The first-order valence-electron chi connectivity index (χ1n) is 8.53. The van der Waals surface area contributed by atoms with Crippen molar-refractivity contribution in [2.45, 2.75) is 18.9 Å². The van der Waals surface area contributed by atoms with E-state index in [0.717, 1.165) is 31.6 Å². The Labute approximate surface area is 148 Å². The molecule has 25 heavy (non-hydrogen) atoms. The molecule has 1 N–H and O–H groups in total. The Morgan fingerprint density at radius 1 is 1.04 bits per heavy atom. The van der Waals surface area contributed by atoms with Gasteiger partial charge in [0.25, 0.3) is 5.91 Å². The fraction of sp³-hybridized carbons (Fsp3) is 0.350. The Morgan fingerprint density at radius 2 is 1.72 bits per heavy atom. The molecule has 0 atom stereocenters. The maximum Gasteiger partial charge on any atom is 0.259 e. The molecule has 132 valence electrons. The Morgan fingerprint density at radius 3 is 2.36 bits per heavy atom. The molecule has 5 heteroatoms. The van der Waals surface area contributed by atoms with Crippen molar-refractivity contribution in [1.29, 1.82) is 0 Å². The zero-order valence-corrected chi connectivity index (χ0v) is 14.7. The minimum Gasteiger partial charge on any atom is -0.496 e. The molecule has 0 unspecified atom stereocenters. The van der Waals surface area contributed by atoms with Crippen LogP contribution in [-0.4, -0.2) is 39.3 Å². The van der Waals surface area contributed by atoms with Gasteiger partial charge in [-0.05, 0) is 49.2 Å². The molecular weight excluding hydrogens is 316 g/mol. The smallest absolute Gasteiger partial charge is 0.259 e. The molecule has 0 saturated carbocycles. The molecule has 1 fully saturated rings. The van der Waals surface area contributed by atoms with E-state index in [4.69, 9.17) is 9.47 Å². The summed E-state index contributed by atoms with van der Waals surface area (Å²) in [5.41, 5.74) is 2.46. The number of carbonyl (C=O) groups is 1. The van der Waals surface area contributed by atoms with Gasteiger partial charge >= 0.3 is 0 Å². The summed E-state index contributed by atoms with van der Waals surface area (Å²) in [6.07, 6.45) is 2.46. The minimum absolute atomic E-state index is 0.175. The molecular formula is C20H24N2O3. The van der Waals surface area contributed by atoms with E-state index in [1.54, 1.807) is 26.4 Å². The normalized spacial score (nSPS) is 15.0. The van der Waals surface area contributed by atoms with E-state index in [0.29, 0.717) is 17.4 Å². The molecule has 1 heterocycles. The van der Waals surface area contributed by atoms with Crippen LogP contribution in [0.15, 0.2) is 48.5 Å². The van der Waals surface area contributed by atoms with Crippen LogP contribution in [0, 0.1) is 0 Å². The van der Waals surface area contributed by atoms with Gasteiger partial charge in [-0.3, -0.25) is 4.79 Å². The van der Waals surface area contributed by atoms with E-state index >= 15 is 0 Å². The number of nitrogens with zero attached hydrogens (tertiary/aromatic N) is 1. The van der Waals surface area contributed by atoms with Crippen molar-refractivity contribution in [3.63, 3.8) is 0 Å². The standard InChI is InChI=1S/C20H24N2O3/c1-24-17-11-13-22(14-12-17)16-9-7-15(8-10-16)21-20(23)18-5-3-4-6-19(18)25-2/h3-10,17H,11-14H2,1-2H3,(H,21,23). The van der Waals surface area contributed by atoms with Gasteiger partial charge in [-0.15, -0.1) is 0 Å². The van der Waals surface area contributed by atoms with Crippen molar-refractivity contribution in [3.05, 3.63) is 54.1 Å². The van der Waals surface area contributed by atoms with Crippen LogP contribution in [0.5, 0.6) is 5.75 Å². The first-order valence-corrected chi connectivity index (χ1v) is 8.53. The number of ether oxygens (including phenoxy) is 2. The second kappa shape index (κ2) is 8.03. The van der Waals surface area contributed by atoms with Crippen LogP contribution < -0.4 is 15.0 Å². The number of hydrogen-bond donors (Lipinski definition) is 1. The highest BCUT2D eigenvalue weighted by molar-refractivity contribution is 6.06. The molecule has 2 aromatic rings. The first-order chi connectivity index (χ1) is 12.2. The second-order valence-electron chi connectivity index (χ2n) is 6.12. The quantitative estimate of drug-likeness (QED) is 0.904. The number of anilines is 2. The van der Waals surface area contributed by atoms with Gasteiger partial charge in [-0.1, -0.05) is 12.1 Å². The van der Waals surface area contributed by atoms with Crippen molar-refractivity contribution in [3.8, 4) is 5.75 Å². The lowest BCUT2D eigenvalue weighted by atomic mass is 10.1. The third-order valence-corrected chi connectivity index (χ3v) is 4.62. The average Bonchev–Trinajstić information content (AvgIpc) is 2.68. The van der Waals surface area contributed by atoms with Crippen LogP contribution in [0.1, 0.15) is 23.2 Å². The lowest BCUT2D eigenvalue weighted by molar-refractivity contribution is 0.0819. The Bertz CT molecular complexity index is 707. The Kier molecular flexibility index (Phi) is 5.56. The molecule has 1 saturated heterocycles. The number of hydrogen-bond acceptors (Lipinski definition) is 4. The van der Waals surface area contributed by atoms with Crippen molar-refractivity contribution >= 4 is 17.3 Å². The molecule has 0 bridgehead atoms. The molecule has 0 radical (unpaired) electrons. The van der Waals surface area contributed by atoms with Crippen molar-refractivity contribution in [2.24, 2.45) is 0 Å². The number of piperidine rings is 1. The molecule has 1 aliphatic rings. The summed E-state index contributed by atoms with van der Waals surface area (Å²) in [6, 6.07) is 15.2.